The van der Waals surface area contributed by atoms with Crippen molar-refractivity contribution in [3.63, 3.8) is 0 Å². The van der Waals surface area contributed by atoms with Gasteiger partial charge in [-0.05, 0) is 36.4 Å². The minimum absolute atomic E-state index is 0.121. The van der Waals surface area contributed by atoms with Crippen LogP contribution in [0.25, 0.3) is 11.3 Å². The summed E-state index contributed by atoms with van der Waals surface area (Å²) in [6.07, 6.45) is 0.121. The Kier molecular flexibility index (Phi) is 4.82. The number of nitrogens with zero attached hydrogens (tertiary/aromatic N) is 1. The van der Waals surface area contributed by atoms with Gasteiger partial charge in [0.2, 0.25) is 5.91 Å². The van der Waals surface area contributed by atoms with Crippen LogP contribution in [0.3, 0.4) is 0 Å². The van der Waals surface area contributed by atoms with Gasteiger partial charge in [0.1, 0.15) is 5.75 Å². The molecule has 0 unspecified atom stereocenters. The standard InChI is InChI=1S/C18H15ClN2O3/c1-23-16-4-2-3-12(9-16)17-10-15(21-24-17)11-18(22)20-14-7-5-13(19)6-8-14/h2-10H,11H2,1H3,(H,20,22). The zero-order valence-corrected chi connectivity index (χ0v) is 13.7. The molecule has 0 bridgehead atoms. The fourth-order valence-electron chi connectivity index (χ4n) is 2.21. The van der Waals surface area contributed by atoms with Gasteiger partial charge in [-0.15, -0.1) is 0 Å². The van der Waals surface area contributed by atoms with Crippen molar-refractivity contribution in [2.45, 2.75) is 6.42 Å². The third-order valence-electron chi connectivity index (χ3n) is 3.38. The lowest BCUT2D eigenvalue weighted by molar-refractivity contribution is -0.115. The van der Waals surface area contributed by atoms with E-state index in [-0.39, 0.29) is 12.3 Å². The Hall–Kier alpha value is -2.79. The Morgan fingerprint density at radius 3 is 2.75 bits per heavy atom. The molecule has 0 aliphatic heterocycles. The van der Waals surface area contributed by atoms with Gasteiger partial charge in [-0.2, -0.15) is 0 Å². The molecule has 0 saturated heterocycles. The van der Waals surface area contributed by atoms with Gasteiger partial charge < -0.3 is 14.6 Å². The van der Waals surface area contributed by atoms with Crippen LogP contribution in [0.15, 0.2) is 59.1 Å². The van der Waals surface area contributed by atoms with Crippen LogP contribution >= 0.6 is 11.6 Å². The first-order valence-electron chi connectivity index (χ1n) is 7.29. The Balaban J connectivity index is 1.67. The number of ether oxygens (including phenoxy) is 1. The van der Waals surface area contributed by atoms with Crippen molar-refractivity contribution in [3.8, 4) is 17.1 Å². The number of halogens is 1. The van der Waals surface area contributed by atoms with E-state index in [2.05, 4.69) is 10.5 Å². The number of nitrogens with one attached hydrogen (secondary N) is 1. The number of methoxy groups -OCH3 is 1. The number of anilines is 1. The Morgan fingerprint density at radius 1 is 1.21 bits per heavy atom. The first kappa shape index (κ1) is 16.1. The van der Waals surface area contributed by atoms with Gasteiger partial charge in [-0.3, -0.25) is 4.79 Å². The number of benzene rings is 2. The molecule has 0 spiro atoms. The summed E-state index contributed by atoms with van der Waals surface area (Å²) in [4.78, 5) is 12.1. The van der Waals surface area contributed by atoms with Gasteiger partial charge in [0.15, 0.2) is 5.76 Å². The molecule has 24 heavy (non-hydrogen) atoms. The molecule has 5 nitrogen and oxygen atoms in total. The molecule has 0 atom stereocenters. The van der Waals surface area contributed by atoms with E-state index in [0.29, 0.717) is 22.2 Å². The highest BCUT2D eigenvalue weighted by atomic mass is 35.5. The third-order valence-corrected chi connectivity index (χ3v) is 3.63. The second-order valence-electron chi connectivity index (χ2n) is 5.15. The molecule has 2 aromatic carbocycles. The van der Waals surface area contributed by atoms with Crippen LogP contribution in [0, 0.1) is 0 Å². The summed E-state index contributed by atoms with van der Waals surface area (Å²) in [5, 5.41) is 7.35. The van der Waals surface area contributed by atoms with Crippen LogP contribution in [0.5, 0.6) is 5.75 Å². The monoisotopic (exact) mass is 342 g/mol. The molecule has 122 valence electrons. The van der Waals surface area contributed by atoms with Crippen molar-refractivity contribution < 1.29 is 14.1 Å². The molecule has 3 rings (SSSR count). The summed E-state index contributed by atoms with van der Waals surface area (Å²) in [6, 6.07) is 16.1. The zero-order chi connectivity index (χ0) is 16.9. The number of amides is 1. The lowest BCUT2D eigenvalue weighted by Gasteiger charge is -2.03. The predicted molar refractivity (Wildman–Crippen MR) is 92.3 cm³/mol. The van der Waals surface area contributed by atoms with Crippen molar-refractivity contribution in [1.82, 2.24) is 5.16 Å². The molecular formula is C18H15ClN2O3. The summed E-state index contributed by atoms with van der Waals surface area (Å²) in [6.45, 7) is 0. The SMILES string of the molecule is COc1cccc(-c2cc(CC(=O)Nc3ccc(Cl)cc3)no2)c1. The maximum Gasteiger partial charge on any atom is 0.230 e. The topological polar surface area (TPSA) is 64.4 Å². The molecule has 0 radical (unpaired) electrons. The maximum atomic E-state index is 12.1. The van der Waals surface area contributed by atoms with Gasteiger partial charge in [0.25, 0.3) is 0 Å². The minimum Gasteiger partial charge on any atom is -0.497 e. The number of hydrogen-bond acceptors (Lipinski definition) is 4. The number of carbonyl (C=O) groups excluding carboxylic acids is 1. The van der Waals surface area contributed by atoms with Crippen molar-refractivity contribution in [2.24, 2.45) is 0 Å². The summed E-state index contributed by atoms with van der Waals surface area (Å²) in [5.41, 5.74) is 2.08. The van der Waals surface area contributed by atoms with Crippen LogP contribution in [0.4, 0.5) is 5.69 Å². The lowest BCUT2D eigenvalue weighted by Crippen LogP contribution is -2.14. The first-order chi connectivity index (χ1) is 11.6. The van der Waals surface area contributed by atoms with Gasteiger partial charge >= 0.3 is 0 Å². The number of rotatable bonds is 5. The van der Waals surface area contributed by atoms with Crippen molar-refractivity contribution in [1.29, 1.82) is 0 Å². The average Bonchev–Trinajstić information content (AvgIpc) is 3.05. The number of hydrogen-bond donors (Lipinski definition) is 1. The highest BCUT2D eigenvalue weighted by Crippen LogP contribution is 2.24. The molecular weight excluding hydrogens is 328 g/mol. The highest BCUT2D eigenvalue weighted by molar-refractivity contribution is 6.30. The van der Waals surface area contributed by atoms with Gasteiger partial charge in [-0.1, -0.05) is 28.9 Å². The van der Waals surface area contributed by atoms with E-state index in [1.165, 1.54) is 0 Å². The molecule has 1 N–H and O–H groups in total. The summed E-state index contributed by atoms with van der Waals surface area (Å²) >= 11 is 5.82. The molecule has 0 fully saturated rings. The molecule has 1 aromatic heterocycles. The molecule has 3 aromatic rings. The van der Waals surface area contributed by atoms with E-state index in [1.807, 2.05) is 24.3 Å². The minimum atomic E-state index is -0.178. The van der Waals surface area contributed by atoms with Crippen LogP contribution in [-0.4, -0.2) is 18.2 Å². The van der Waals surface area contributed by atoms with Crippen LogP contribution < -0.4 is 10.1 Å². The maximum absolute atomic E-state index is 12.1. The molecule has 0 saturated carbocycles. The van der Waals surface area contributed by atoms with Gasteiger partial charge in [0, 0.05) is 22.3 Å². The quantitative estimate of drug-likeness (QED) is 0.755. The fraction of sp³-hybridized carbons (Fsp3) is 0.111. The predicted octanol–water partition coefficient (Wildman–Crippen LogP) is 4.18. The molecule has 6 heteroatoms. The Morgan fingerprint density at radius 2 is 2.00 bits per heavy atom. The van der Waals surface area contributed by atoms with E-state index < -0.39 is 0 Å². The average molecular weight is 343 g/mol. The van der Waals surface area contributed by atoms with Crippen molar-refractivity contribution in [2.75, 3.05) is 12.4 Å². The zero-order valence-electron chi connectivity index (χ0n) is 13.0. The largest absolute Gasteiger partial charge is 0.497 e. The fourth-order valence-corrected chi connectivity index (χ4v) is 2.34. The molecule has 0 aliphatic rings. The first-order valence-corrected chi connectivity index (χ1v) is 7.67. The van der Waals surface area contributed by atoms with E-state index in [4.69, 9.17) is 20.9 Å². The summed E-state index contributed by atoms with van der Waals surface area (Å²) < 4.78 is 10.5. The lowest BCUT2D eigenvalue weighted by atomic mass is 10.1. The van der Waals surface area contributed by atoms with E-state index in [9.17, 15) is 4.79 Å². The molecule has 0 aliphatic carbocycles. The van der Waals surface area contributed by atoms with E-state index in [0.717, 1.165) is 11.3 Å². The normalized spacial score (nSPS) is 10.4. The van der Waals surface area contributed by atoms with Crippen LogP contribution in [-0.2, 0) is 11.2 Å². The second-order valence-corrected chi connectivity index (χ2v) is 5.58. The van der Waals surface area contributed by atoms with Crippen LogP contribution in [0.2, 0.25) is 5.02 Å². The number of aromatic nitrogens is 1. The van der Waals surface area contributed by atoms with E-state index in [1.54, 1.807) is 37.4 Å². The number of carbonyl (C=O) groups is 1. The smallest absolute Gasteiger partial charge is 0.230 e. The summed E-state index contributed by atoms with van der Waals surface area (Å²) in [5.74, 6) is 1.14. The van der Waals surface area contributed by atoms with Gasteiger partial charge in [-0.25, -0.2) is 0 Å². The van der Waals surface area contributed by atoms with Crippen molar-refractivity contribution >= 4 is 23.2 Å². The van der Waals surface area contributed by atoms with Crippen molar-refractivity contribution in [3.05, 3.63) is 65.3 Å². The third kappa shape index (κ3) is 3.94. The highest BCUT2D eigenvalue weighted by Gasteiger charge is 2.11. The second kappa shape index (κ2) is 7.19. The van der Waals surface area contributed by atoms with Gasteiger partial charge in [0.05, 0.1) is 19.2 Å². The molecule has 1 amide bonds. The Bertz CT molecular complexity index is 843. The summed E-state index contributed by atoms with van der Waals surface area (Å²) in [7, 11) is 1.60. The van der Waals surface area contributed by atoms with E-state index >= 15 is 0 Å². The Labute approximate surface area is 144 Å². The molecule has 1 heterocycles. The van der Waals surface area contributed by atoms with Crippen LogP contribution in [0.1, 0.15) is 5.69 Å².